The van der Waals surface area contributed by atoms with E-state index in [1.807, 2.05) is 0 Å². The van der Waals surface area contributed by atoms with E-state index in [4.69, 9.17) is 0 Å². The van der Waals surface area contributed by atoms with Crippen molar-refractivity contribution in [3.05, 3.63) is 27.8 Å². The molecule has 2 saturated carbocycles. The van der Waals surface area contributed by atoms with E-state index >= 15 is 0 Å². The Hall–Kier alpha value is -2.31. The molecule has 0 unspecified atom stereocenters. The van der Waals surface area contributed by atoms with Crippen LogP contribution < -0.4 is 15.5 Å². The minimum absolute atomic E-state index is 0.0486. The van der Waals surface area contributed by atoms with E-state index in [-0.39, 0.29) is 17.6 Å². The van der Waals surface area contributed by atoms with Gasteiger partial charge in [-0.15, -0.1) is 0 Å². The Kier molecular flexibility index (Phi) is 4.93. The third-order valence-corrected chi connectivity index (χ3v) is 6.98. The van der Waals surface area contributed by atoms with Crippen molar-refractivity contribution in [2.45, 2.75) is 57.9 Å². The Morgan fingerprint density at radius 2 is 1.89 bits per heavy atom. The Bertz CT molecular complexity index is 774. The fraction of sp³-hybridized carbons (Fsp3) is 0.667. The molecule has 3 fully saturated rings. The lowest BCUT2D eigenvalue weighted by molar-refractivity contribution is -0.384. The number of rotatable bonds is 5. The largest absolute Gasteiger partial charge is 0.383 e. The van der Waals surface area contributed by atoms with Gasteiger partial charge in [0.05, 0.1) is 16.2 Å². The highest BCUT2D eigenvalue weighted by atomic mass is 16.6. The molecule has 28 heavy (non-hydrogen) atoms. The number of nitro benzene ring substituents is 1. The van der Waals surface area contributed by atoms with E-state index in [1.165, 1.54) is 25.3 Å². The molecule has 1 aromatic carbocycles. The first-order valence-electron chi connectivity index (χ1n) is 10.5. The van der Waals surface area contributed by atoms with Gasteiger partial charge in [-0.2, -0.15) is 0 Å². The summed E-state index contributed by atoms with van der Waals surface area (Å²) < 4.78 is 0. The molecule has 0 aromatic heterocycles. The van der Waals surface area contributed by atoms with Crippen molar-refractivity contribution in [1.82, 2.24) is 5.32 Å². The summed E-state index contributed by atoms with van der Waals surface area (Å²) in [5, 5.41) is 17.6. The molecule has 2 aliphatic carbocycles. The third kappa shape index (κ3) is 3.42. The van der Waals surface area contributed by atoms with Crippen LogP contribution in [0.25, 0.3) is 0 Å². The number of amides is 1. The molecule has 0 atom stereocenters. The van der Waals surface area contributed by atoms with Gasteiger partial charge in [-0.1, -0.05) is 13.3 Å². The van der Waals surface area contributed by atoms with Crippen LogP contribution in [0.2, 0.25) is 0 Å². The number of hydrogen-bond donors (Lipinski definition) is 2. The summed E-state index contributed by atoms with van der Waals surface area (Å²) in [4.78, 5) is 26.4. The number of anilines is 2. The second-order valence-electron chi connectivity index (χ2n) is 9.03. The molecule has 7 heteroatoms. The van der Waals surface area contributed by atoms with Crippen LogP contribution in [-0.4, -0.2) is 37.0 Å². The quantitative estimate of drug-likeness (QED) is 0.591. The van der Waals surface area contributed by atoms with Crippen LogP contribution in [0.3, 0.4) is 0 Å². The Morgan fingerprint density at radius 3 is 2.43 bits per heavy atom. The topological polar surface area (TPSA) is 87.5 Å². The Labute approximate surface area is 166 Å². The maximum Gasteiger partial charge on any atom is 0.293 e. The molecule has 4 rings (SSSR count). The van der Waals surface area contributed by atoms with Crippen LogP contribution in [0, 0.1) is 21.4 Å². The summed E-state index contributed by atoms with van der Waals surface area (Å²) >= 11 is 0. The maximum atomic E-state index is 13.1. The lowest BCUT2D eigenvalue weighted by Crippen LogP contribution is -2.60. The van der Waals surface area contributed by atoms with Gasteiger partial charge >= 0.3 is 0 Å². The lowest BCUT2D eigenvalue weighted by Gasteiger charge is -2.57. The molecule has 2 N–H and O–H groups in total. The van der Waals surface area contributed by atoms with Crippen LogP contribution in [0.15, 0.2) is 12.1 Å². The van der Waals surface area contributed by atoms with Crippen LogP contribution in [0.1, 0.15) is 62.2 Å². The SMILES string of the molecule is CNc1cc(N2CC3(CCC3)C2)c(C(=O)N[C@H]2CC[C@H](C)CC2)cc1[N+](=O)[O-]. The highest BCUT2D eigenvalue weighted by Gasteiger charge is 2.48. The zero-order valence-electron chi connectivity index (χ0n) is 16.8. The highest BCUT2D eigenvalue weighted by Crippen LogP contribution is 2.50. The van der Waals surface area contributed by atoms with E-state index in [9.17, 15) is 14.9 Å². The molecular formula is C21H30N4O3. The summed E-state index contributed by atoms with van der Waals surface area (Å²) in [6, 6.07) is 3.39. The van der Waals surface area contributed by atoms with Crippen molar-refractivity contribution >= 4 is 23.0 Å². The average Bonchev–Trinajstić information content (AvgIpc) is 2.60. The van der Waals surface area contributed by atoms with Crippen LogP contribution in [0.4, 0.5) is 17.1 Å². The predicted octanol–water partition coefficient (Wildman–Crippen LogP) is 3.94. The van der Waals surface area contributed by atoms with E-state index in [2.05, 4.69) is 22.5 Å². The summed E-state index contributed by atoms with van der Waals surface area (Å²) in [5.41, 5.74) is 2.06. The van der Waals surface area contributed by atoms with E-state index < -0.39 is 4.92 Å². The normalized spacial score (nSPS) is 25.6. The van der Waals surface area contributed by atoms with E-state index in [1.54, 1.807) is 13.1 Å². The Balaban J connectivity index is 1.60. The van der Waals surface area contributed by atoms with Gasteiger partial charge in [-0.3, -0.25) is 14.9 Å². The number of carbonyl (C=O) groups is 1. The van der Waals surface area contributed by atoms with Gasteiger partial charge < -0.3 is 15.5 Å². The Morgan fingerprint density at radius 1 is 1.21 bits per heavy atom. The highest BCUT2D eigenvalue weighted by molar-refractivity contribution is 6.02. The zero-order chi connectivity index (χ0) is 19.9. The fourth-order valence-corrected chi connectivity index (χ4v) is 4.97. The van der Waals surface area contributed by atoms with E-state index in [0.29, 0.717) is 22.6 Å². The monoisotopic (exact) mass is 386 g/mol. The average molecular weight is 386 g/mol. The molecule has 1 spiro atoms. The standard InChI is InChI=1S/C21H30N4O3/c1-14-4-6-15(7-5-14)23-20(26)16-10-19(25(27)28)17(22-2)11-18(16)24-12-21(13-24)8-3-9-21/h10-11,14-15,22H,3-9,12-13H2,1-2H3,(H,23,26)/t14-,15-. The van der Waals surface area contributed by atoms with Crippen LogP contribution in [-0.2, 0) is 0 Å². The summed E-state index contributed by atoms with van der Waals surface area (Å²) in [5.74, 6) is 0.523. The van der Waals surface area contributed by atoms with Gasteiger partial charge in [0.25, 0.3) is 11.6 Å². The first-order valence-corrected chi connectivity index (χ1v) is 10.5. The summed E-state index contributed by atoms with van der Waals surface area (Å²) in [6.45, 7) is 4.13. The number of hydrogen-bond acceptors (Lipinski definition) is 5. The molecule has 1 amide bonds. The molecule has 3 aliphatic rings. The first-order chi connectivity index (χ1) is 13.4. The van der Waals surface area contributed by atoms with Gasteiger partial charge in [0.2, 0.25) is 0 Å². The second-order valence-corrected chi connectivity index (χ2v) is 9.03. The molecule has 0 bridgehead atoms. The van der Waals surface area contributed by atoms with Gasteiger partial charge in [0.1, 0.15) is 5.69 Å². The first kappa shape index (κ1) is 19.0. The number of nitrogens with one attached hydrogen (secondary N) is 2. The van der Waals surface area contributed by atoms with Crippen molar-refractivity contribution in [2.24, 2.45) is 11.3 Å². The predicted molar refractivity (Wildman–Crippen MR) is 110 cm³/mol. The second kappa shape index (κ2) is 7.26. The van der Waals surface area contributed by atoms with Crippen molar-refractivity contribution in [3.8, 4) is 0 Å². The maximum absolute atomic E-state index is 13.1. The molecule has 1 aromatic rings. The summed E-state index contributed by atoms with van der Waals surface area (Å²) in [7, 11) is 1.68. The van der Waals surface area contributed by atoms with Crippen molar-refractivity contribution in [2.75, 3.05) is 30.4 Å². The van der Waals surface area contributed by atoms with Crippen molar-refractivity contribution in [1.29, 1.82) is 0 Å². The molecule has 1 aliphatic heterocycles. The van der Waals surface area contributed by atoms with E-state index in [0.717, 1.165) is 44.5 Å². The number of carbonyl (C=O) groups excluding carboxylic acids is 1. The number of benzene rings is 1. The molecular weight excluding hydrogens is 356 g/mol. The molecule has 1 heterocycles. The lowest BCUT2D eigenvalue weighted by atomic mass is 9.63. The molecule has 7 nitrogen and oxygen atoms in total. The number of nitro groups is 1. The number of nitrogens with zero attached hydrogens (tertiary/aromatic N) is 2. The van der Waals surface area contributed by atoms with Crippen molar-refractivity contribution in [3.63, 3.8) is 0 Å². The van der Waals surface area contributed by atoms with Crippen LogP contribution in [0.5, 0.6) is 0 Å². The third-order valence-electron chi connectivity index (χ3n) is 6.98. The zero-order valence-corrected chi connectivity index (χ0v) is 16.8. The van der Waals surface area contributed by atoms with Gasteiger partial charge in [0, 0.05) is 37.7 Å². The van der Waals surface area contributed by atoms with Crippen LogP contribution >= 0.6 is 0 Å². The fourth-order valence-electron chi connectivity index (χ4n) is 4.97. The molecule has 1 saturated heterocycles. The minimum Gasteiger partial charge on any atom is -0.383 e. The van der Waals surface area contributed by atoms with Crippen molar-refractivity contribution < 1.29 is 9.72 Å². The minimum atomic E-state index is -0.418. The van der Waals surface area contributed by atoms with Gasteiger partial charge in [-0.05, 0) is 50.5 Å². The van der Waals surface area contributed by atoms with Gasteiger partial charge in [-0.25, -0.2) is 0 Å². The summed E-state index contributed by atoms with van der Waals surface area (Å²) in [6.07, 6.45) is 7.96. The molecule has 152 valence electrons. The molecule has 0 radical (unpaired) electrons. The van der Waals surface area contributed by atoms with Gasteiger partial charge in [0.15, 0.2) is 0 Å². The smallest absolute Gasteiger partial charge is 0.293 e.